The van der Waals surface area contributed by atoms with Gasteiger partial charge in [0.1, 0.15) is 0 Å². The van der Waals surface area contributed by atoms with E-state index in [-0.39, 0.29) is 0 Å². The molecular formula is C24H18N2. The van der Waals surface area contributed by atoms with Gasteiger partial charge in [-0.1, -0.05) is 84.9 Å². The van der Waals surface area contributed by atoms with Crippen molar-refractivity contribution in [2.75, 3.05) is 0 Å². The van der Waals surface area contributed by atoms with Crippen molar-refractivity contribution < 1.29 is 0 Å². The average Bonchev–Trinajstić information content (AvgIpc) is 2.72. The summed E-state index contributed by atoms with van der Waals surface area (Å²) in [5, 5.41) is 2.20. The van der Waals surface area contributed by atoms with Crippen molar-refractivity contribution in [3.8, 4) is 0 Å². The fourth-order valence-corrected chi connectivity index (χ4v) is 2.88. The van der Waals surface area contributed by atoms with Crippen LogP contribution in [0.5, 0.6) is 0 Å². The van der Waals surface area contributed by atoms with E-state index >= 15 is 0 Å². The standard InChI is InChI=1S/C24H18N2/c1-3-9-19(10-4-1)17-25-22-15-7-13-21-14-8-16-23(24(21)22)26-18-20-11-5-2-6-12-20/h1-18H. The van der Waals surface area contributed by atoms with Crippen LogP contribution in [0.3, 0.4) is 0 Å². The van der Waals surface area contributed by atoms with Gasteiger partial charge in [0.15, 0.2) is 0 Å². The van der Waals surface area contributed by atoms with Crippen molar-refractivity contribution in [3.63, 3.8) is 0 Å². The van der Waals surface area contributed by atoms with E-state index < -0.39 is 0 Å². The fraction of sp³-hybridized carbons (Fsp3) is 0. The van der Waals surface area contributed by atoms with Crippen LogP contribution in [-0.4, -0.2) is 12.4 Å². The Morgan fingerprint density at radius 2 is 0.923 bits per heavy atom. The summed E-state index contributed by atoms with van der Waals surface area (Å²) in [6.07, 6.45) is 3.79. The molecule has 0 spiro atoms. The second-order valence-corrected chi connectivity index (χ2v) is 5.99. The predicted octanol–water partition coefficient (Wildman–Crippen LogP) is 6.34. The lowest BCUT2D eigenvalue weighted by atomic mass is 10.1. The molecule has 2 nitrogen and oxygen atoms in total. The van der Waals surface area contributed by atoms with E-state index in [4.69, 9.17) is 9.98 Å². The molecule has 4 rings (SSSR count). The number of rotatable bonds is 4. The monoisotopic (exact) mass is 334 g/mol. The molecule has 124 valence electrons. The third-order valence-corrected chi connectivity index (χ3v) is 4.17. The lowest BCUT2D eigenvalue weighted by Gasteiger charge is -2.05. The molecule has 0 fully saturated rings. The van der Waals surface area contributed by atoms with E-state index in [1.165, 1.54) is 0 Å². The van der Waals surface area contributed by atoms with Crippen molar-refractivity contribution >= 4 is 34.6 Å². The maximum Gasteiger partial charge on any atom is 0.0729 e. The Morgan fingerprint density at radius 3 is 1.38 bits per heavy atom. The summed E-state index contributed by atoms with van der Waals surface area (Å²) in [5.41, 5.74) is 4.00. The second kappa shape index (κ2) is 7.58. The summed E-state index contributed by atoms with van der Waals surface area (Å²) < 4.78 is 0. The van der Waals surface area contributed by atoms with Gasteiger partial charge < -0.3 is 0 Å². The van der Waals surface area contributed by atoms with Gasteiger partial charge in [0, 0.05) is 17.8 Å². The van der Waals surface area contributed by atoms with Gasteiger partial charge in [-0.05, 0) is 28.6 Å². The summed E-state index contributed by atoms with van der Waals surface area (Å²) in [7, 11) is 0. The summed E-state index contributed by atoms with van der Waals surface area (Å²) >= 11 is 0. The average molecular weight is 334 g/mol. The number of aliphatic imine (C=N–C) groups is 2. The van der Waals surface area contributed by atoms with Crippen LogP contribution in [0.25, 0.3) is 10.8 Å². The largest absolute Gasteiger partial charge is 0.256 e. The Labute approximate surface area is 153 Å². The first-order valence-corrected chi connectivity index (χ1v) is 8.60. The number of hydrogen-bond donors (Lipinski definition) is 0. The highest BCUT2D eigenvalue weighted by atomic mass is 14.8. The number of benzene rings is 4. The molecular weight excluding hydrogens is 316 g/mol. The number of fused-ring (bicyclic) bond motifs is 1. The van der Waals surface area contributed by atoms with Gasteiger partial charge >= 0.3 is 0 Å². The van der Waals surface area contributed by atoms with Gasteiger partial charge in [0.25, 0.3) is 0 Å². The van der Waals surface area contributed by atoms with Crippen LogP contribution in [0, 0.1) is 0 Å². The van der Waals surface area contributed by atoms with Gasteiger partial charge in [-0.25, -0.2) is 0 Å². The molecule has 0 heterocycles. The molecule has 0 aromatic heterocycles. The molecule has 0 atom stereocenters. The van der Waals surface area contributed by atoms with E-state index in [9.17, 15) is 0 Å². The molecule has 0 aliphatic rings. The molecule has 2 heteroatoms. The van der Waals surface area contributed by atoms with E-state index in [1.807, 2.05) is 97.4 Å². The topological polar surface area (TPSA) is 24.7 Å². The first-order valence-electron chi connectivity index (χ1n) is 8.60. The summed E-state index contributed by atoms with van der Waals surface area (Å²) in [5.74, 6) is 0. The van der Waals surface area contributed by atoms with Crippen LogP contribution in [-0.2, 0) is 0 Å². The van der Waals surface area contributed by atoms with Crippen LogP contribution in [0.2, 0.25) is 0 Å². The Hall–Kier alpha value is -3.52. The van der Waals surface area contributed by atoms with Crippen LogP contribution in [0.1, 0.15) is 11.1 Å². The summed E-state index contributed by atoms with van der Waals surface area (Å²) in [6.45, 7) is 0. The first-order chi connectivity index (χ1) is 12.9. The smallest absolute Gasteiger partial charge is 0.0729 e. The van der Waals surface area contributed by atoms with Gasteiger partial charge in [-0.2, -0.15) is 0 Å². The molecule has 0 N–H and O–H groups in total. The molecule has 0 aliphatic carbocycles. The Kier molecular flexibility index (Phi) is 4.66. The van der Waals surface area contributed by atoms with Crippen LogP contribution in [0.15, 0.2) is 107 Å². The van der Waals surface area contributed by atoms with E-state index in [0.717, 1.165) is 33.3 Å². The molecule has 4 aromatic rings. The maximum atomic E-state index is 4.72. The first kappa shape index (κ1) is 16.0. The summed E-state index contributed by atoms with van der Waals surface area (Å²) in [6, 6.07) is 32.6. The van der Waals surface area contributed by atoms with E-state index in [2.05, 4.69) is 12.1 Å². The highest BCUT2D eigenvalue weighted by Crippen LogP contribution is 2.34. The third kappa shape index (κ3) is 3.60. The molecule has 26 heavy (non-hydrogen) atoms. The zero-order valence-electron chi connectivity index (χ0n) is 14.3. The Bertz CT molecular complexity index is 981. The predicted molar refractivity (Wildman–Crippen MR) is 111 cm³/mol. The van der Waals surface area contributed by atoms with E-state index in [1.54, 1.807) is 0 Å². The minimum Gasteiger partial charge on any atom is -0.256 e. The Morgan fingerprint density at radius 1 is 0.462 bits per heavy atom. The van der Waals surface area contributed by atoms with Gasteiger partial charge in [0.2, 0.25) is 0 Å². The number of nitrogens with zero attached hydrogens (tertiary/aromatic N) is 2. The van der Waals surface area contributed by atoms with Crippen molar-refractivity contribution in [1.29, 1.82) is 0 Å². The highest BCUT2D eigenvalue weighted by molar-refractivity contribution is 6.03. The molecule has 0 amide bonds. The van der Waals surface area contributed by atoms with Gasteiger partial charge in [0.05, 0.1) is 11.4 Å². The SMILES string of the molecule is C(=Nc1cccc2cccc(N=Cc3ccccc3)c12)c1ccccc1. The van der Waals surface area contributed by atoms with Crippen LogP contribution >= 0.6 is 0 Å². The number of hydrogen-bond acceptors (Lipinski definition) is 2. The molecule has 0 saturated heterocycles. The third-order valence-electron chi connectivity index (χ3n) is 4.17. The van der Waals surface area contributed by atoms with Crippen LogP contribution in [0.4, 0.5) is 11.4 Å². The molecule has 0 bridgehead atoms. The molecule has 0 unspecified atom stereocenters. The minimum absolute atomic E-state index is 0.923. The van der Waals surface area contributed by atoms with E-state index in [0.29, 0.717) is 0 Å². The fourth-order valence-electron chi connectivity index (χ4n) is 2.88. The van der Waals surface area contributed by atoms with Gasteiger partial charge in [-0.3, -0.25) is 9.98 Å². The zero-order valence-corrected chi connectivity index (χ0v) is 14.3. The molecule has 0 saturated carbocycles. The van der Waals surface area contributed by atoms with Crippen molar-refractivity contribution in [3.05, 3.63) is 108 Å². The molecule has 4 aromatic carbocycles. The van der Waals surface area contributed by atoms with Crippen LogP contribution < -0.4 is 0 Å². The minimum atomic E-state index is 0.923. The highest BCUT2D eigenvalue weighted by Gasteiger charge is 2.04. The van der Waals surface area contributed by atoms with Gasteiger partial charge in [-0.15, -0.1) is 0 Å². The summed E-state index contributed by atoms with van der Waals surface area (Å²) in [4.78, 5) is 9.44. The molecule has 0 radical (unpaired) electrons. The lowest BCUT2D eigenvalue weighted by Crippen LogP contribution is -1.82. The lowest BCUT2D eigenvalue weighted by molar-refractivity contribution is 1.52. The quantitative estimate of drug-likeness (QED) is 0.389. The second-order valence-electron chi connectivity index (χ2n) is 5.99. The zero-order chi connectivity index (χ0) is 17.6. The van der Waals surface area contributed by atoms with Crippen molar-refractivity contribution in [1.82, 2.24) is 0 Å². The normalized spacial score (nSPS) is 11.5. The molecule has 0 aliphatic heterocycles. The van der Waals surface area contributed by atoms with Crippen molar-refractivity contribution in [2.45, 2.75) is 0 Å². The van der Waals surface area contributed by atoms with Crippen molar-refractivity contribution in [2.24, 2.45) is 9.98 Å². The maximum absolute atomic E-state index is 4.72. The Balaban J connectivity index is 1.77.